The normalized spacial score (nSPS) is 32.0. The van der Waals surface area contributed by atoms with E-state index in [1.165, 1.54) is 11.8 Å². The van der Waals surface area contributed by atoms with E-state index < -0.39 is 41.4 Å². The summed E-state index contributed by atoms with van der Waals surface area (Å²) in [7, 11) is 0. The number of nitrogens with one attached hydrogen (secondary N) is 1. The van der Waals surface area contributed by atoms with Crippen LogP contribution in [-0.2, 0) is 14.3 Å². The Bertz CT molecular complexity index is 491. The summed E-state index contributed by atoms with van der Waals surface area (Å²) < 4.78 is 5.07. The lowest BCUT2D eigenvalue weighted by Crippen LogP contribution is -2.81. The van der Waals surface area contributed by atoms with E-state index in [4.69, 9.17) is 9.84 Å². The Hall–Kier alpha value is -1.48. The number of carboxylic acids is 1. The highest BCUT2D eigenvalue weighted by molar-refractivity contribution is 7.99. The van der Waals surface area contributed by atoms with E-state index in [-0.39, 0.29) is 5.75 Å². The SMILES string of the molecule is CC(C)(C)OC(=O)N[C@H]1C(=O)N2[C@H]1CSCC2(O)C(=O)O. The summed E-state index contributed by atoms with van der Waals surface area (Å²) in [5.74, 6) is -1.73. The number of amides is 2. The fourth-order valence-electron chi connectivity index (χ4n) is 2.32. The van der Waals surface area contributed by atoms with Gasteiger partial charge < -0.3 is 20.3 Å². The van der Waals surface area contributed by atoms with Gasteiger partial charge in [0.15, 0.2) is 0 Å². The van der Waals surface area contributed by atoms with Crippen LogP contribution in [0.15, 0.2) is 0 Å². The fraction of sp³-hybridized carbons (Fsp3) is 0.750. The number of carbonyl (C=O) groups is 3. The Morgan fingerprint density at radius 3 is 2.62 bits per heavy atom. The summed E-state index contributed by atoms with van der Waals surface area (Å²) in [4.78, 5) is 35.8. The van der Waals surface area contributed by atoms with Crippen molar-refractivity contribution in [3.63, 3.8) is 0 Å². The number of carbonyl (C=O) groups excluding carboxylic acids is 2. The minimum atomic E-state index is -2.21. The summed E-state index contributed by atoms with van der Waals surface area (Å²) in [6, 6.07) is -1.41. The molecule has 3 N–H and O–H groups in total. The topological polar surface area (TPSA) is 116 Å². The van der Waals surface area contributed by atoms with E-state index in [1.807, 2.05) is 0 Å². The molecule has 1 unspecified atom stereocenters. The molecule has 0 aromatic heterocycles. The zero-order valence-corrected chi connectivity index (χ0v) is 12.8. The first-order valence-electron chi connectivity index (χ1n) is 6.42. The van der Waals surface area contributed by atoms with Crippen LogP contribution in [-0.4, -0.2) is 68.0 Å². The first-order valence-corrected chi connectivity index (χ1v) is 7.58. The van der Waals surface area contributed by atoms with Crippen molar-refractivity contribution in [1.29, 1.82) is 0 Å². The average molecular weight is 318 g/mol. The van der Waals surface area contributed by atoms with Gasteiger partial charge in [0.25, 0.3) is 5.91 Å². The van der Waals surface area contributed by atoms with Gasteiger partial charge in [0.05, 0.1) is 11.8 Å². The lowest BCUT2D eigenvalue weighted by atomic mass is 9.92. The van der Waals surface area contributed by atoms with E-state index in [2.05, 4.69) is 5.32 Å². The van der Waals surface area contributed by atoms with Crippen molar-refractivity contribution >= 4 is 29.7 Å². The van der Waals surface area contributed by atoms with Crippen LogP contribution in [0.2, 0.25) is 0 Å². The zero-order valence-electron chi connectivity index (χ0n) is 12.0. The molecular weight excluding hydrogens is 300 g/mol. The molecule has 0 aliphatic carbocycles. The van der Waals surface area contributed by atoms with E-state index in [1.54, 1.807) is 20.8 Å². The maximum absolute atomic E-state index is 12.0. The molecule has 0 spiro atoms. The van der Waals surface area contributed by atoms with Gasteiger partial charge in [0.1, 0.15) is 11.6 Å². The second kappa shape index (κ2) is 5.06. The summed E-state index contributed by atoms with van der Waals surface area (Å²) in [5.41, 5.74) is -2.91. The molecule has 0 radical (unpaired) electrons. The maximum Gasteiger partial charge on any atom is 0.408 e. The van der Waals surface area contributed by atoms with Gasteiger partial charge in [-0.05, 0) is 20.8 Å². The van der Waals surface area contributed by atoms with Gasteiger partial charge in [-0.1, -0.05) is 0 Å². The van der Waals surface area contributed by atoms with Crippen LogP contribution in [0, 0.1) is 0 Å². The number of aliphatic carboxylic acids is 1. The summed E-state index contributed by atoms with van der Waals surface area (Å²) in [6.45, 7) is 5.09. The van der Waals surface area contributed by atoms with Gasteiger partial charge in [0.2, 0.25) is 5.72 Å². The Morgan fingerprint density at radius 2 is 2.10 bits per heavy atom. The molecule has 8 nitrogen and oxygen atoms in total. The van der Waals surface area contributed by atoms with Crippen LogP contribution in [0.4, 0.5) is 4.79 Å². The first kappa shape index (κ1) is 15.9. The predicted molar refractivity (Wildman–Crippen MR) is 73.7 cm³/mol. The number of hydrogen-bond donors (Lipinski definition) is 3. The fourth-order valence-corrected chi connectivity index (χ4v) is 3.57. The van der Waals surface area contributed by atoms with Crippen molar-refractivity contribution in [1.82, 2.24) is 10.2 Å². The van der Waals surface area contributed by atoms with Crippen LogP contribution in [0.5, 0.6) is 0 Å². The molecule has 2 aliphatic rings. The molecule has 3 atom stereocenters. The maximum atomic E-state index is 12.0. The Kier molecular flexibility index (Phi) is 3.83. The number of aliphatic hydroxyl groups is 1. The molecule has 21 heavy (non-hydrogen) atoms. The first-order chi connectivity index (χ1) is 9.56. The van der Waals surface area contributed by atoms with Gasteiger partial charge >= 0.3 is 12.1 Å². The molecule has 2 amide bonds. The van der Waals surface area contributed by atoms with Gasteiger partial charge in [0, 0.05) is 5.75 Å². The molecule has 2 aliphatic heterocycles. The minimum absolute atomic E-state index is 0.0935. The minimum Gasteiger partial charge on any atom is -0.478 e. The van der Waals surface area contributed by atoms with Gasteiger partial charge in [-0.15, -0.1) is 0 Å². The van der Waals surface area contributed by atoms with E-state index >= 15 is 0 Å². The number of alkyl carbamates (subject to hydrolysis) is 1. The Morgan fingerprint density at radius 1 is 1.48 bits per heavy atom. The number of thioether (sulfide) groups is 1. The summed E-state index contributed by atoms with van der Waals surface area (Å²) >= 11 is 1.22. The van der Waals surface area contributed by atoms with Gasteiger partial charge in [-0.2, -0.15) is 11.8 Å². The smallest absolute Gasteiger partial charge is 0.408 e. The molecule has 2 saturated heterocycles. The van der Waals surface area contributed by atoms with Crippen LogP contribution >= 0.6 is 11.8 Å². The van der Waals surface area contributed by atoms with Crippen molar-refractivity contribution in [3.8, 4) is 0 Å². The van der Waals surface area contributed by atoms with Crippen molar-refractivity contribution in [2.75, 3.05) is 11.5 Å². The van der Waals surface area contributed by atoms with Crippen LogP contribution < -0.4 is 5.32 Å². The average Bonchev–Trinajstić information content (AvgIpc) is 2.33. The lowest BCUT2D eigenvalue weighted by Gasteiger charge is -2.55. The van der Waals surface area contributed by atoms with Crippen molar-refractivity contribution in [2.24, 2.45) is 0 Å². The number of nitrogens with zero attached hydrogens (tertiary/aromatic N) is 1. The van der Waals surface area contributed by atoms with E-state index in [9.17, 15) is 19.5 Å². The monoisotopic (exact) mass is 318 g/mol. The zero-order chi connectivity index (χ0) is 16.0. The van der Waals surface area contributed by atoms with E-state index in [0.29, 0.717) is 5.75 Å². The second-order valence-electron chi connectivity index (χ2n) is 6.04. The predicted octanol–water partition coefficient (Wildman–Crippen LogP) is -0.390. The number of carboxylic acid groups (broad SMARTS) is 1. The molecule has 9 heteroatoms. The third kappa shape index (κ3) is 2.80. The van der Waals surface area contributed by atoms with Crippen LogP contribution in [0.25, 0.3) is 0 Å². The van der Waals surface area contributed by atoms with Crippen LogP contribution in [0.1, 0.15) is 20.8 Å². The van der Waals surface area contributed by atoms with Crippen LogP contribution in [0.3, 0.4) is 0 Å². The standard InChI is InChI=1S/C12H18N2O6S/c1-11(2,3)20-10(18)13-7-6-4-21-5-12(19,9(16)17)14(6)8(7)15/h6-7,19H,4-5H2,1-3H3,(H,13,18)(H,16,17)/t6-,7+,12?/m0/s1. The Labute approximate surface area is 125 Å². The number of fused-ring (bicyclic) bond motifs is 1. The molecule has 0 aromatic carbocycles. The second-order valence-corrected chi connectivity index (χ2v) is 7.07. The summed E-state index contributed by atoms with van der Waals surface area (Å²) in [5, 5.41) is 21.6. The number of β-lactam (4-membered cyclic amide) rings is 1. The molecule has 2 fully saturated rings. The molecule has 0 saturated carbocycles. The number of hydrogen-bond acceptors (Lipinski definition) is 6. The van der Waals surface area contributed by atoms with Gasteiger partial charge in [-0.25, -0.2) is 9.59 Å². The lowest BCUT2D eigenvalue weighted by molar-refractivity contribution is -0.205. The molecule has 2 rings (SSSR count). The highest BCUT2D eigenvalue weighted by atomic mass is 32.2. The highest BCUT2D eigenvalue weighted by Gasteiger charge is 2.62. The van der Waals surface area contributed by atoms with Crippen molar-refractivity contribution in [2.45, 2.75) is 44.2 Å². The number of rotatable bonds is 2. The number of ether oxygens (including phenoxy) is 1. The Balaban J connectivity index is 2.05. The molecule has 2 heterocycles. The summed E-state index contributed by atoms with van der Waals surface area (Å²) in [6.07, 6.45) is -0.741. The molecule has 118 valence electrons. The molecule has 0 bridgehead atoms. The molecule has 0 aromatic rings. The molecular formula is C12H18N2O6S. The van der Waals surface area contributed by atoms with Gasteiger partial charge in [-0.3, -0.25) is 9.69 Å². The largest absolute Gasteiger partial charge is 0.478 e. The van der Waals surface area contributed by atoms with Crippen molar-refractivity contribution < 1.29 is 29.3 Å². The third-order valence-corrected chi connectivity index (χ3v) is 4.41. The quantitative estimate of drug-likeness (QED) is 0.594. The van der Waals surface area contributed by atoms with E-state index in [0.717, 1.165) is 4.90 Å². The third-order valence-electron chi connectivity index (χ3n) is 3.23. The highest BCUT2D eigenvalue weighted by Crippen LogP contribution is 2.37. The van der Waals surface area contributed by atoms with Crippen molar-refractivity contribution in [3.05, 3.63) is 0 Å².